The SMILES string of the molecule is CCOC(=O)CNC(=O)Nc1ccc(N2CCC(C)CC2)c(C(=O)NC2CC2)c1. The Morgan fingerprint density at radius 2 is 1.86 bits per heavy atom. The zero-order valence-electron chi connectivity index (χ0n) is 17.1. The number of amides is 3. The summed E-state index contributed by atoms with van der Waals surface area (Å²) in [6.45, 7) is 5.84. The lowest BCUT2D eigenvalue weighted by Gasteiger charge is -2.33. The maximum atomic E-state index is 12.8. The van der Waals surface area contributed by atoms with Crippen molar-refractivity contribution < 1.29 is 19.1 Å². The van der Waals surface area contributed by atoms with E-state index < -0.39 is 12.0 Å². The quantitative estimate of drug-likeness (QED) is 0.609. The van der Waals surface area contributed by atoms with E-state index in [0.29, 0.717) is 17.2 Å². The molecule has 8 nitrogen and oxygen atoms in total. The van der Waals surface area contributed by atoms with Gasteiger partial charge in [0.05, 0.1) is 12.2 Å². The van der Waals surface area contributed by atoms with Crippen LogP contribution in [0.4, 0.5) is 16.2 Å². The monoisotopic (exact) mass is 402 g/mol. The van der Waals surface area contributed by atoms with Gasteiger partial charge in [0.25, 0.3) is 5.91 Å². The fourth-order valence-corrected chi connectivity index (χ4v) is 3.35. The number of nitrogens with zero attached hydrogens (tertiary/aromatic N) is 1. The van der Waals surface area contributed by atoms with Crippen molar-refractivity contribution in [2.24, 2.45) is 5.92 Å². The molecule has 158 valence electrons. The van der Waals surface area contributed by atoms with Gasteiger partial charge < -0.3 is 25.6 Å². The van der Waals surface area contributed by atoms with Gasteiger partial charge in [0, 0.05) is 30.5 Å². The molecule has 1 saturated heterocycles. The molecule has 2 aliphatic rings. The van der Waals surface area contributed by atoms with Crippen molar-refractivity contribution in [3.63, 3.8) is 0 Å². The minimum absolute atomic E-state index is 0.114. The summed E-state index contributed by atoms with van der Waals surface area (Å²) in [5, 5.41) is 8.18. The van der Waals surface area contributed by atoms with Gasteiger partial charge in [-0.1, -0.05) is 6.92 Å². The van der Waals surface area contributed by atoms with Crippen LogP contribution in [0.2, 0.25) is 0 Å². The zero-order valence-corrected chi connectivity index (χ0v) is 17.1. The highest BCUT2D eigenvalue weighted by molar-refractivity contribution is 6.02. The van der Waals surface area contributed by atoms with E-state index in [2.05, 4.69) is 27.8 Å². The molecule has 1 heterocycles. The third-order valence-electron chi connectivity index (χ3n) is 5.23. The minimum Gasteiger partial charge on any atom is -0.465 e. The molecule has 3 N–H and O–H groups in total. The maximum absolute atomic E-state index is 12.8. The Kier molecular flexibility index (Phi) is 6.95. The van der Waals surface area contributed by atoms with E-state index in [4.69, 9.17) is 4.74 Å². The Bertz CT molecular complexity index is 755. The van der Waals surface area contributed by atoms with Crippen molar-refractivity contribution in [3.8, 4) is 0 Å². The summed E-state index contributed by atoms with van der Waals surface area (Å²) in [4.78, 5) is 38.5. The lowest BCUT2D eigenvalue weighted by atomic mass is 9.98. The summed E-state index contributed by atoms with van der Waals surface area (Å²) >= 11 is 0. The number of carbonyl (C=O) groups is 3. The molecule has 1 saturated carbocycles. The Morgan fingerprint density at radius 3 is 2.52 bits per heavy atom. The van der Waals surface area contributed by atoms with E-state index in [1.807, 2.05) is 6.07 Å². The van der Waals surface area contributed by atoms with Gasteiger partial charge in [-0.15, -0.1) is 0 Å². The highest BCUT2D eigenvalue weighted by Crippen LogP contribution is 2.29. The zero-order chi connectivity index (χ0) is 20.8. The number of benzene rings is 1. The average molecular weight is 402 g/mol. The number of ether oxygens (including phenoxy) is 1. The number of carbonyl (C=O) groups excluding carboxylic acids is 3. The molecule has 3 rings (SSSR count). The summed E-state index contributed by atoms with van der Waals surface area (Å²) in [5.74, 6) is 0.0811. The molecule has 29 heavy (non-hydrogen) atoms. The predicted molar refractivity (Wildman–Crippen MR) is 111 cm³/mol. The first-order valence-electron chi connectivity index (χ1n) is 10.4. The second kappa shape index (κ2) is 9.62. The predicted octanol–water partition coefficient (Wildman–Crippen LogP) is 2.50. The van der Waals surface area contributed by atoms with E-state index in [9.17, 15) is 14.4 Å². The van der Waals surface area contributed by atoms with Crippen molar-refractivity contribution in [2.75, 3.05) is 36.5 Å². The molecule has 0 aromatic heterocycles. The Hall–Kier alpha value is -2.77. The van der Waals surface area contributed by atoms with Crippen LogP contribution in [0, 0.1) is 5.92 Å². The molecule has 1 aromatic carbocycles. The van der Waals surface area contributed by atoms with Crippen LogP contribution in [0.5, 0.6) is 0 Å². The average Bonchev–Trinajstić information content (AvgIpc) is 3.51. The van der Waals surface area contributed by atoms with Crippen molar-refractivity contribution in [3.05, 3.63) is 23.8 Å². The normalized spacial score (nSPS) is 16.8. The topological polar surface area (TPSA) is 99.8 Å². The van der Waals surface area contributed by atoms with Gasteiger partial charge in [0.2, 0.25) is 0 Å². The van der Waals surface area contributed by atoms with Crippen LogP contribution in [0.3, 0.4) is 0 Å². The highest BCUT2D eigenvalue weighted by atomic mass is 16.5. The van der Waals surface area contributed by atoms with Crippen LogP contribution in [0.15, 0.2) is 18.2 Å². The fourth-order valence-electron chi connectivity index (χ4n) is 3.35. The molecule has 0 unspecified atom stereocenters. The molecular weight excluding hydrogens is 372 g/mol. The molecule has 0 atom stereocenters. The first-order valence-corrected chi connectivity index (χ1v) is 10.4. The molecule has 0 radical (unpaired) electrons. The maximum Gasteiger partial charge on any atom is 0.325 e. The summed E-state index contributed by atoms with van der Waals surface area (Å²) in [7, 11) is 0. The summed E-state index contributed by atoms with van der Waals surface area (Å²) in [6, 6.07) is 5.10. The molecule has 0 spiro atoms. The van der Waals surface area contributed by atoms with Crippen molar-refractivity contribution >= 4 is 29.3 Å². The van der Waals surface area contributed by atoms with Gasteiger partial charge in [0.15, 0.2) is 0 Å². The third kappa shape index (κ3) is 6.10. The van der Waals surface area contributed by atoms with E-state index in [0.717, 1.165) is 44.5 Å². The second-order valence-electron chi connectivity index (χ2n) is 7.76. The van der Waals surface area contributed by atoms with Crippen molar-refractivity contribution in [1.29, 1.82) is 0 Å². The van der Waals surface area contributed by atoms with Gasteiger partial charge in [-0.25, -0.2) is 4.79 Å². The lowest BCUT2D eigenvalue weighted by molar-refractivity contribution is -0.141. The van der Waals surface area contributed by atoms with Crippen LogP contribution >= 0.6 is 0 Å². The van der Waals surface area contributed by atoms with E-state index in [1.165, 1.54) is 0 Å². The van der Waals surface area contributed by atoms with Gasteiger partial charge >= 0.3 is 12.0 Å². The van der Waals surface area contributed by atoms with Crippen LogP contribution in [-0.4, -0.2) is 50.2 Å². The number of hydrogen-bond acceptors (Lipinski definition) is 5. The lowest BCUT2D eigenvalue weighted by Crippen LogP contribution is -2.36. The standard InChI is InChI=1S/C21H30N4O4/c1-3-29-19(26)13-22-21(28)24-16-6-7-18(25-10-8-14(2)9-11-25)17(12-16)20(27)23-15-4-5-15/h6-7,12,14-15H,3-5,8-11,13H2,1-2H3,(H,23,27)(H2,22,24,28). The van der Waals surface area contributed by atoms with E-state index in [1.54, 1.807) is 19.1 Å². The second-order valence-corrected chi connectivity index (χ2v) is 7.76. The van der Waals surface area contributed by atoms with Crippen molar-refractivity contribution in [2.45, 2.75) is 45.6 Å². The highest BCUT2D eigenvalue weighted by Gasteiger charge is 2.27. The molecule has 0 bridgehead atoms. The number of esters is 1. The Labute approximate surface area is 171 Å². The first kappa shape index (κ1) is 21.0. The van der Waals surface area contributed by atoms with Crippen LogP contribution in [0.25, 0.3) is 0 Å². The Balaban J connectivity index is 1.70. The minimum atomic E-state index is -0.522. The van der Waals surface area contributed by atoms with Gasteiger partial charge in [-0.2, -0.15) is 0 Å². The largest absolute Gasteiger partial charge is 0.465 e. The third-order valence-corrected chi connectivity index (χ3v) is 5.23. The number of rotatable bonds is 7. The summed E-state index contributed by atoms with van der Waals surface area (Å²) in [5.41, 5.74) is 1.96. The van der Waals surface area contributed by atoms with Gasteiger partial charge in [0.1, 0.15) is 6.54 Å². The van der Waals surface area contributed by atoms with E-state index in [-0.39, 0.29) is 25.1 Å². The molecule has 3 amide bonds. The molecule has 8 heteroatoms. The number of piperidine rings is 1. The smallest absolute Gasteiger partial charge is 0.325 e. The molecule has 2 fully saturated rings. The van der Waals surface area contributed by atoms with Crippen LogP contribution < -0.4 is 20.9 Å². The summed E-state index contributed by atoms with van der Waals surface area (Å²) < 4.78 is 4.79. The van der Waals surface area contributed by atoms with Crippen LogP contribution in [-0.2, 0) is 9.53 Å². The number of anilines is 2. The molecule has 1 aliphatic heterocycles. The first-order chi connectivity index (χ1) is 14.0. The van der Waals surface area contributed by atoms with Gasteiger partial charge in [-0.3, -0.25) is 9.59 Å². The molecular formula is C21H30N4O4. The van der Waals surface area contributed by atoms with Gasteiger partial charge in [-0.05, 0) is 56.7 Å². The molecule has 1 aromatic rings. The van der Waals surface area contributed by atoms with Crippen LogP contribution in [0.1, 0.15) is 49.9 Å². The van der Waals surface area contributed by atoms with E-state index >= 15 is 0 Å². The summed E-state index contributed by atoms with van der Waals surface area (Å²) in [6.07, 6.45) is 4.22. The Morgan fingerprint density at radius 1 is 1.14 bits per heavy atom. The number of urea groups is 1. The fraction of sp³-hybridized carbons (Fsp3) is 0.571. The van der Waals surface area contributed by atoms with Crippen molar-refractivity contribution in [1.82, 2.24) is 10.6 Å². The molecule has 1 aliphatic carbocycles. The number of nitrogens with one attached hydrogen (secondary N) is 3. The number of hydrogen-bond donors (Lipinski definition) is 3.